The molecule has 54 heavy (non-hydrogen) atoms. The fourth-order valence-corrected chi connectivity index (χ4v) is 5.89. The third-order valence-electron chi connectivity index (χ3n) is 8.83. The van der Waals surface area contributed by atoms with E-state index in [9.17, 15) is 61.0 Å². The molecule has 3 heterocycles. The summed E-state index contributed by atoms with van der Waals surface area (Å²) in [5, 5.41) is 113. The predicted molar refractivity (Wildman–Crippen MR) is 181 cm³/mol. The third kappa shape index (κ3) is 7.91. The van der Waals surface area contributed by atoms with Gasteiger partial charge in [-0.05, 0) is 42.8 Å². The number of aliphatic hydroxyl groups excluding tert-OH is 5. The lowest BCUT2D eigenvalue weighted by atomic mass is 9.98. The molecule has 2 saturated heterocycles. The molecule has 0 bridgehead atoms. The number of hydrogen-bond donors (Lipinski definition) is 11. The second-order valence-electron chi connectivity index (χ2n) is 12.7. The van der Waals surface area contributed by atoms with Gasteiger partial charge in [-0.3, -0.25) is 0 Å². The Balaban J connectivity index is 1.15. The molecular formula is C36H37O18+. The molecular weight excluding hydrogens is 720 g/mol. The lowest BCUT2D eigenvalue weighted by molar-refractivity contribution is -0.319. The minimum Gasteiger partial charge on any atom is -0.507 e. The fourth-order valence-electron chi connectivity index (χ4n) is 5.89. The fraction of sp³-hybridized carbons (Fsp3) is 0.333. The van der Waals surface area contributed by atoms with E-state index >= 15 is 0 Å². The highest BCUT2D eigenvalue weighted by Gasteiger charge is 2.49. The first kappa shape index (κ1) is 38.3. The van der Waals surface area contributed by atoms with Crippen molar-refractivity contribution in [3.8, 4) is 51.6 Å². The Morgan fingerprint density at radius 1 is 0.741 bits per heavy atom. The van der Waals surface area contributed by atoms with E-state index in [-0.39, 0.29) is 39.5 Å². The second-order valence-corrected chi connectivity index (χ2v) is 12.7. The molecule has 0 amide bonds. The van der Waals surface area contributed by atoms with Crippen LogP contribution in [-0.4, -0.2) is 130 Å². The van der Waals surface area contributed by atoms with Crippen LogP contribution < -0.4 is 4.74 Å². The highest BCUT2D eigenvalue weighted by molar-refractivity contribution is 5.89. The molecule has 0 aliphatic carbocycles. The number of fused-ring (bicyclic) bond motifs is 1. The van der Waals surface area contributed by atoms with Crippen LogP contribution in [-0.2, 0) is 23.7 Å². The van der Waals surface area contributed by atoms with Gasteiger partial charge >= 0.3 is 17.3 Å². The normalized spacial score (nSPS) is 28.6. The Labute approximate surface area is 304 Å². The summed E-state index contributed by atoms with van der Waals surface area (Å²) in [6, 6.07) is 11.0. The van der Waals surface area contributed by atoms with Gasteiger partial charge in [0.2, 0.25) is 12.0 Å². The number of aromatic hydroxyl groups is 6. The van der Waals surface area contributed by atoms with Gasteiger partial charge in [0, 0.05) is 24.3 Å². The molecule has 0 radical (unpaired) electrons. The van der Waals surface area contributed by atoms with Gasteiger partial charge in [-0.25, -0.2) is 9.21 Å². The number of rotatable bonds is 9. The predicted octanol–water partition coefficient (Wildman–Crippen LogP) is 0.909. The first-order valence-corrected chi connectivity index (χ1v) is 16.4. The summed E-state index contributed by atoms with van der Waals surface area (Å²) in [6.07, 6.45) is -14.0. The van der Waals surface area contributed by atoms with E-state index < -0.39 is 97.0 Å². The maximum absolute atomic E-state index is 12.5. The molecule has 2 aliphatic rings. The van der Waals surface area contributed by atoms with Gasteiger partial charge in [0.05, 0.1) is 24.3 Å². The van der Waals surface area contributed by atoms with E-state index in [2.05, 4.69) is 0 Å². The van der Waals surface area contributed by atoms with Crippen LogP contribution in [0.5, 0.6) is 40.2 Å². The van der Waals surface area contributed by atoms with Crippen LogP contribution in [0, 0.1) is 0 Å². The third-order valence-corrected chi connectivity index (χ3v) is 8.83. The minimum absolute atomic E-state index is 0.0274. The van der Waals surface area contributed by atoms with E-state index in [1.807, 2.05) is 0 Å². The number of hydrogen-bond acceptors (Lipinski definition) is 17. The summed E-state index contributed by atoms with van der Waals surface area (Å²) < 4.78 is 34.1. The molecule has 2 aliphatic heterocycles. The summed E-state index contributed by atoms with van der Waals surface area (Å²) in [4.78, 5) is 12.5. The molecule has 10 unspecified atom stereocenters. The topological polar surface area (TPSA) is 297 Å². The zero-order chi connectivity index (χ0) is 39.0. The summed E-state index contributed by atoms with van der Waals surface area (Å²) in [6.45, 7) is 0.819. The van der Waals surface area contributed by atoms with Crippen LogP contribution in [0.1, 0.15) is 12.5 Å². The SMILES string of the molecule is CC1OC(OCC2OC(Oc3cc4c(O)cc(O)cc4[o+]c3-c3ccc(O)c(O)c3)C(O)C(O)C2O)C(O)C(O)C1OC(=O)C=Cc1ccc(O)c(O)c1. The highest BCUT2D eigenvalue weighted by Crippen LogP contribution is 2.42. The van der Waals surface area contributed by atoms with E-state index in [4.69, 9.17) is 28.1 Å². The average molecular weight is 758 g/mol. The van der Waals surface area contributed by atoms with Crippen molar-refractivity contribution in [1.82, 2.24) is 0 Å². The zero-order valence-corrected chi connectivity index (χ0v) is 28.1. The standard InChI is InChI=1S/C36H36O18/c1-14-33(54-27(43)7-3-15-2-5-19(38)22(41)8-15)30(46)32(48)35(50-14)49-13-26-28(44)29(45)31(47)36(53-26)52-25-12-18-21(40)10-17(37)11-24(18)51-34(25)16-4-6-20(39)23(42)9-16/h2-12,14,26,28-33,35-36,44-48H,13H2,1H3,(H5-,37,38,39,40,41,42,43)/p+1. The van der Waals surface area contributed by atoms with Gasteiger partial charge in [0.1, 0.15) is 53.5 Å². The number of ether oxygens (including phenoxy) is 5. The largest absolute Gasteiger partial charge is 0.507 e. The number of phenolic OH excluding ortho intramolecular Hbond substituents is 6. The minimum atomic E-state index is -1.89. The molecule has 288 valence electrons. The Morgan fingerprint density at radius 3 is 2.13 bits per heavy atom. The molecule has 11 N–H and O–H groups in total. The second kappa shape index (κ2) is 15.5. The summed E-state index contributed by atoms with van der Waals surface area (Å²) in [5.74, 6) is -3.78. The van der Waals surface area contributed by atoms with E-state index in [0.29, 0.717) is 5.56 Å². The lowest BCUT2D eigenvalue weighted by Gasteiger charge is -2.42. The number of aliphatic hydroxyl groups is 5. The van der Waals surface area contributed by atoms with Crippen molar-refractivity contribution in [2.75, 3.05) is 6.61 Å². The number of carbonyl (C=O) groups is 1. The molecule has 0 spiro atoms. The number of esters is 1. The van der Waals surface area contributed by atoms with E-state index in [0.717, 1.165) is 24.3 Å². The number of benzene rings is 3. The molecule has 6 rings (SSSR count). The Bertz CT molecular complexity index is 2030. The van der Waals surface area contributed by atoms with Gasteiger partial charge < -0.3 is 79.9 Å². The van der Waals surface area contributed by atoms with Crippen molar-refractivity contribution < 1.29 is 89.1 Å². The molecule has 18 nitrogen and oxygen atoms in total. The quantitative estimate of drug-likeness (QED) is 0.0489. The highest BCUT2D eigenvalue weighted by atomic mass is 16.7. The van der Waals surface area contributed by atoms with Gasteiger partial charge in [0.15, 0.2) is 35.4 Å². The molecule has 3 aromatic carbocycles. The average Bonchev–Trinajstić information content (AvgIpc) is 3.13. The zero-order valence-electron chi connectivity index (χ0n) is 28.1. The summed E-state index contributed by atoms with van der Waals surface area (Å²) in [5.41, 5.74) is 0.456. The van der Waals surface area contributed by atoms with Crippen LogP contribution in [0.15, 0.2) is 65.1 Å². The van der Waals surface area contributed by atoms with Crippen LogP contribution >= 0.6 is 0 Å². The van der Waals surface area contributed by atoms with Crippen molar-refractivity contribution in [3.05, 3.63) is 66.2 Å². The van der Waals surface area contributed by atoms with Crippen LogP contribution in [0.4, 0.5) is 0 Å². The molecule has 10 atom stereocenters. The number of phenols is 6. The molecule has 1 aromatic heterocycles. The molecule has 18 heteroatoms. The van der Waals surface area contributed by atoms with Crippen LogP contribution in [0.25, 0.3) is 28.4 Å². The van der Waals surface area contributed by atoms with E-state index in [1.165, 1.54) is 49.4 Å². The summed E-state index contributed by atoms with van der Waals surface area (Å²) in [7, 11) is 0. The molecule has 0 saturated carbocycles. The van der Waals surface area contributed by atoms with Crippen molar-refractivity contribution >= 4 is 23.0 Å². The summed E-state index contributed by atoms with van der Waals surface area (Å²) >= 11 is 0. The Kier molecular flexibility index (Phi) is 11.0. The van der Waals surface area contributed by atoms with Gasteiger partial charge in [0.25, 0.3) is 0 Å². The van der Waals surface area contributed by atoms with E-state index in [1.54, 1.807) is 0 Å². The maximum Gasteiger partial charge on any atom is 0.402 e. The first-order chi connectivity index (χ1) is 25.6. The van der Waals surface area contributed by atoms with Crippen LogP contribution in [0.3, 0.4) is 0 Å². The van der Waals surface area contributed by atoms with Gasteiger partial charge in [-0.15, -0.1) is 0 Å². The van der Waals surface area contributed by atoms with Crippen molar-refractivity contribution in [2.45, 2.75) is 68.3 Å². The molecule has 2 fully saturated rings. The first-order valence-electron chi connectivity index (χ1n) is 16.4. The Morgan fingerprint density at radius 2 is 1.43 bits per heavy atom. The van der Waals surface area contributed by atoms with Crippen molar-refractivity contribution in [1.29, 1.82) is 0 Å². The maximum atomic E-state index is 12.5. The Hall–Kier alpha value is -5.44. The van der Waals surface area contributed by atoms with Crippen molar-refractivity contribution in [2.24, 2.45) is 0 Å². The monoisotopic (exact) mass is 757 g/mol. The van der Waals surface area contributed by atoms with Gasteiger partial charge in [-0.1, -0.05) is 6.07 Å². The number of carbonyl (C=O) groups excluding carboxylic acids is 1. The van der Waals surface area contributed by atoms with Gasteiger partial charge in [-0.2, -0.15) is 0 Å². The molecule has 4 aromatic rings. The lowest BCUT2D eigenvalue weighted by Crippen LogP contribution is -2.62. The van der Waals surface area contributed by atoms with Crippen molar-refractivity contribution in [3.63, 3.8) is 0 Å². The smallest absolute Gasteiger partial charge is 0.402 e. The van der Waals surface area contributed by atoms with Crippen LogP contribution in [0.2, 0.25) is 0 Å².